The lowest BCUT2D eigenvalue weighted by Gasteiger charge is -2.10. The fourth-order valence-corrected chi connectivity index (χ4v) is 4.18. The van der Waals surface area contributed by atoms with Crippen molar-refractivity contribution in [1.82, 2.24) is 30.3 Å². The second kappa shape index (κ2) is 9.93. The molecule has 160 valence electrons. The summed E-state index contributed by atoms with van der Waals surface area (Å²) in [5, 5.41) is 34.8. The van der Waals surface area contributed by atoms with Gasteiger partial charge in [0.1, 0.15) is 6.33 Å². The monoisotopic (exact) mass is 497 g/mol. The molecule has 1 amide bonds. The van der Waals surface area contributed by atoms with Gasteiger partial charge in [-0.25, -0.2) is 20.4 Å². The third-order valence-corrected chi connectivity index (χ3v) is 6.10. The number of phenols is 2. The van der Waals surface area contributed by atoms with Gasteiger partial charge in [-0.2, -0.15) is 0 Å². The first-order valence-electron chi connectivity index (χ1n) is 8.86. The number of fused-ring (bicyclic) bond motifs is 1. The zero-order valence-electron chi connectivity index (χ0n) is 15.9. The Bertz CT molecular complexity index is 1060. The van der Waals surface area contributed by atoms with Gasteiger partial charge in [0.25, 0.3) is 0 Å². The smallest absolute Gasteiger partial charge is 0.244 e. The van der Waals surface area contributed by atoms with E-state index in [1.54, 1.807) is 12.5 Å². The van der Waals surface area contributed by atoms with Crippen molar-refractivity contribution >= 4 is 50.6 Å². The molecule has 0 atom stereocenters. The van der Waals surface area contributed by atoms with E-state index in [4.69, 9.17) is 5.21 Å². The molecule has 0 bridgehead atoms. The molecular formula is C17H20BrN7O4S. The van der Waals surface area contributed by atoms with E-state index in [-0.39, 0.29) is 17.9 Å². The average Bonchev–Trinajstić information content (AvgIpc) is 3.08. The predicted molar refractivity (Wildman–Crippen MR) is 114 cm³/mol. The SMILES string of the molecule is CNc1ncnc2c1nc(Sc1cc(O)c(O)cc1Br)n2CCNCCC(=O)NO. The highest BCUT2D eigenvalue weighted by Gasteiger charge is 2.18. The molecule has 0 saturated carbocycles. The Balaban J connectivity index is 1.88. The number of hydrogen-bond acceptors (Lipinski definition) is 10. The summed E-state index contributed by atoms with van der Waals surface area (Å²) in [6.07, 6.45) is 1.59. The maximum absolute atomic E-state index is 11.1. The van der Waals surface area contributed by atoms with E-state index >= 15 is 0 Å². The van der Waals surface area contributed by atoms with Crippen molar-refractivity contribution < 1.29 is 20.2 Å². The molecule has 3 rings (SSSR count). The maximum atomic E-state index is 11.1. The predicted octanol–water partition coefficient (Wildman–Crippen LogP) is 1.68. The fraction of sp³-hybridized carbons (Fsp3) is 0.294. The number of nitrogens with one attached hydrogen (secondary N) is 3. The molecule has 0 aliphatic rings. The molecule has 2 aromatic heterocycles. The molecule has 0 fully saturated rings. The molecule has 30 heavy (non-hydrogen) atoms. The number of rotatable bonds is 9. The molecular weight excluding hydrogens is 478 g/mol. The van der Waals surface area contributed by atoms with E-state index in [2.05, 4.69) is 41.5 Å². The van der Waals surface area contributed by atoms with Gasteiger partial charge in [-0.05, 0) is 28.1 Å². The molecule has 13 heteroatoms. The molecule has 0 spiro atoms. The van der Waals surface area contributed by atoms with Crippen LogP contribution in [0.25, 0.3) is 11.2 Å². The van der Waals surface area contributed by atoms with Crippen LogP contribution in [0.2, 0.25) is 0 Å². The number of phenolic OH excluding ortho intramolecular Hbond substituents is 2. The van der Waals surface area contributed by atoms with Crippen molar-refractivity contribution in [2.24, 2.45) is 0 Å². The van der Waals surface area contributed by atoms with Crippen LogP contribution in [0.1, 0.15) is 6.42 Å². The van der Waals surface area contributed by atoms with Gasteiger partial charge in [0.2, 0.25) is 5.91 Å². The number of carbonyl (C=O) groups is 1. The van der Waals surface area contributed by atoms with Gasteiger partial charge in [-0.1, -0.05) is 11.8 Å². The summed E-state index contributed by atoms with van der Waals surface area (Å²) in [5.41, 5.74) is 2.82. The number of aromatic hydroxyl groups is 2. The summed E-state index contributed by atoms with van der Waals surface area (Å²) in [6, 6.07) is 2.86. The van der Waals surface area contributed by atoms with Crippen molar-refractivity contribution in [3.05, 3.63) is 22.9 Å². The van der Waals surface area contributed by atoms with Crippen LogP contribution in [-0.4, -0.2) is 61.0 Å². The summed E-state index contributed by atoms with van der Waals surface area (Å²) in [4.78, 5) is 25.0. The van der Waals surface area contributed by atoms with E-state index in [0.29, 0.717) is 51.1 Å². The molecule has 11 nitrogen and oxygen atoms in total. The van der Waals surface area contributed by atoms with Gasteiger partial charge in [0.05, 0.1) is 0 Å². The van der Waals surface area contributed by atoms with Crippen LogP contribution < -0.4 is 16.1 Å². The molecule has 1 aromatic carbocycles. The van der Waals surface area contributed by atoms with E-state index in [0.717, 1.165) is 0 Å². The quantitative estimate of drug-likeness (QED) is 0.111. The van der Waals surface area contributed by atoms with Crippen LogP contribution in [0.4, 0.5) is 5.82 Å². The largest absolute Gasteiger partial charge is 0.504 e. The van der Waals surface area contributed by atoms with Crippen LogP contribution in [0, 0.1) is 0 Å². The highest BCUT2D eigenvalue weighted by molar-refractivity contribution is 9.10. The zero-order chi connectivity index (χ0) is 21.7. The highest BCUT2D eigenvalue weighted by Crippen LogP contribution is 2.40. The lowest BCUT2D eigenvalue weighted by atomic mass is 10.3. The van der Waals surface area contributed by atoms with Gasteiger partial charge < -0.3 is 25.4 Å². The lowest BCUT2D eigenvalue weighted by molar-refractivity contribution is -0.129. The normalized spacial score (nSPS) is 11.0. The van der Waals surface area contributed by atoms with Crippen LogP contribution in [-0.2, 0) is 11.3 Å². The topological polar surface area (TPSA) is 157 Å². The maximum Gasteiger partial charge on any atom is 0.244 e. The minimum Gasteiger partial charge on any atom is -0.504 e. The summed E-state index contributed by atoms with van der Waals surface area (Å²) >= 11 is 4.68. The summed E-state index contributed by atoms with van der Waals surface area (Å²) in [5.74, 6) is -0.335. The van der Waals surface area contributed by atoms with Crippen molar-refractivity contribution in [3.63, 3.8) is 0 Å². The Hall–Kier alpha value is -2.61. The second-order valence-corrected chi connectivity index (χ2v) is 7.96. The number of aromatic nitrogens is 4. The number of anilines is 1. The Morgan fingerprint density at radius 1 is 1.23 bits per heavy atom. The van der Waals surface area contributed by atoms with E-state index in [1.807, 2.05) is 4.57 Å². The standard InChI is InChI=1S/C17H20BrN7O4S/c1-19-15-14-16(22-8-21-15)25(5-4-20-3-2-13(28)24-29)17(23-14)30-12-7-11(27)10(26)6-9(12)18/h6-8,20,26-27,29H,2-5H2,1H3,(H,24,28)(H,19,21,22). The van der Waals surface area contributed by atoms with Crippen LogP contribution in [0.3, 0.4) is 0 Å². The molecule has 2 heterocycles. The Labute approximate surface area is 184 Å². The molecule has 3 aromatic rings. The highest BCUT2D eigenvalue weighted by atomic mass is 79.9. The van der Waals surface area contributed by atoms with Gasteiger partial charge in [0.15, 0.2) is 33.6 Å². The Morgan fingerprint density at radius 2 is 2.00 bits per heavy atom. The number of nitrogens with zero attached hydrogens (tertiary/aromatic N) is 4. The first kappa shape index (κ1) is 22.1. The van der Waals surface area contributed by atoms with Crippen LogP contribution in [0.15, 0.2) is 33.0 Å². The molecule has 0 saturated heterocycles. The average molecular weight is 498 g/mol. The van der Waals surface area contributed by atoms with Crippen LogP contribution >= 0.6 is 27.7 Å². The van der Waals surface area contributed by atoms with E-state index in [1.165, 1.54) is 30.2 Å². The molecule has 6 N–H and O–H groups in total. The number of benzene rings is 1. The third kappa shape index (κ3) is 4.92. The molecule has 0 aliphatic heterocycles. The van der Waals surface area contributed by atoms with E-state index in [9.17, 15) is 15.0 Å². The van der Waals surface area contributed by atoms with Crippen molar-refractivity contribution in [3.8, 4) is 11.5 Å². The molecule has 0 radical (unpaired) electrons. The van der Waals surface area contributed by atoms with Crippen molar-refractivity contribution in [1.29, 1.82) is 0 Å². The summed E-state index contributed by atoms with van der Waals surface area (Å²) in [7, 11) is 1.75. The number of carbonyl (C=O) groups excluding carboxylic acids is 1. The summed E-state index contributed by atoms with van der Waals surface area (Å²) < 4.78 is 2.51. The second-order valence-electron chi connectivity index (χ2n) is 6.10. The zero-order valence-corrected chi connectivity index (χ0v) is 18.3. The Morgan fingerprint density at radius 3 is 2.73 bits per heavy atom. The van der Waals surface area contributed by atoms with Gasteiger partial charge in [-0.3, -0.25) is 10.0 Å². The summed E-state index contributed by atoms with van der Waals surface area (Å²) in [6.45, 7) is 1.43. The molecule has 0 unspecified atom stereocenters. The fourth-order valence-electron chi connectivity index (χ4n) is 2.66. The van der Waals surface area contributed by atoms with Crippen molar-refractivity contribution in [2.75, 3.05) is 25.5 Å². The van der Waals surface area contributed by atoms with E-state index < -0.39 is 5.91 Å². The van der Waals surface area contributed by atoms with Gasteiger partial charge in [0, 0.05) is 42.5 Å². The first-order chi connectivity index (χ1) is 14.4. The number of hydrogen-bond donors (Lipinski definition) is 6. The lowest BCUT2D eigenvalue weighted by Crippen LogP contribution is -2.27. The van der Waals surface area contributed by atoms with Crippen LogP contribution in [0.5, 0.6) is 11.5 Å². The molecule has 0 aliphatic carbocycles. The third-order valence-electron chi connectivity index (χ3n) is 4.13. The minimum atomic E-state index is -0.463. The first-order valence-corrected chi connectivity index (χ1v) is 10.5. The number of amides is 1. The Kier molecular flexibility index (Phi) is 7.31. The number of imidazole rings is 1. The number of halogens is 1. The van der Waals surface area contributed by atoms with Crippen molar-refractivity contribution in [2.45, 2.75) is 23.0 Å². The van der Waals surface area contributed by atoms with Gasteiger partial charge >= 0.3 is 0 Å². The minimum absolute atomic E-state index is 0.147. The van der Waals surface area contributed by atoms with Gasteiger partial charge in [-0.15, -0.1) is 0 Å². The number of hydroxylamine groups is 1.